The zero-order chi connectivity index (χ0) is 25.8. The average Bonchev–Trinajstić information content (AvgIpc) is 3.53. The summed E-state index contributed by atoms with van der Waals surface area (Å²) in [6.45, 7) is 1.78. The predicted molar refractivity (Wildman–Crippen MR) is 145 cm³/mol. The summed E-state index contributed by atoms with van der Waals surface area (Å²) in [5.74, 6) is -0.402. The Balaban J connectivity index is 1.43. The van der Waals surface area contributed by atoms with Gasteiger partial charge in [-0.05, 0) is 23.8 Å². The molecule has 2 amide bonds. The summed E-state index contributed by atoms with van der Waals surface area (Å²) in [4.78, 5) is 30.6. The molecule has 37 heavy (non-hydrogen) atoms. The zero-order valence-electron chi connectivity index (χ0n) is 20.9. The summed E-state index contributed by atoms with van der Waals surface area (Å²) >= 11 is 0. The van der Waals surface area contributed by atoms with Crippen molar-refractivity contribution in [1.29, 1.82) is 0 Å². The lowest BCUT2D eigenvalue weighted by Crippen LogP contribution is -2.47. The fraction of sp³-hybridized carbons (Fsp3) is 0.167. The molecule has 2 aromatic heterocycles. The molecule has 0 aliphatic rings. The Morgan fingerprint density at radius 2 is 1.62 bits per heavy atom. The highest BCUT2D eigenvalue weighted by Gasteiger charge is 2.26. The number of aromatic nitrogens is 3. The van der Waals surface area contributed by atoms with Gasteiger partial charge in [-0.15, -0.1) is 0 Å². The van der Waals surface area contributed by atoms with Crippen molar-refractivity contribution in [2.24, 2.45) is 0 Å². The van der Waals surface area contributed by atoms with Crippen molar-refractivity contribution in [1.82, 2.24) is 25.0 Å². The van der Waals surface area contributed by atoms with Crippen LogP contribution in [-0.2, 0) is 22.6 Å². The Morgan fingerprint density at radius 1 is 0.946 bits per heavy atom. The molecule has 5 rings (SSSR count). The Hall–Kier alpha value is -4.65. The average molecular weight is 492 g/mol. The van der Waals surface area contributed by atoms with E-state index in [4.69, 9.17) is 5.10 Å². The lowest BCUT2D eigenvalue weighted by Gasteiger charge is -2.24. The van der Waals surface area contributed by atoms with Gasteiger partial charge in [-0.1, -0.05) is 66.7 Å². The molecule has 3 aromatic carbocycles. The van der Waals surface area contributed by atoms with Crippen molar-refractivity contribution < 1.29 is 9.59 Å². The maximum absolute atomic E-state index is 13.6. The quantitative estimate of drug-likeness (QED) is 0.329. The second-order valence-corrected chi connectivity index (χ2v) is 9.16. The van der Waals surface area contributed by atoms with Crippen LogP contribution in [0.15, 0.2) is 97.3 Å². The van der Waals surface area contributed by atoms with Crippen LogP contribution in [0.25, 0.3) is 27.8 Å². The van der Waals surface area contributed by atoms with E-state index >= 15 is 0 Å². The van der Waals surface area contributed by atoms with Crippen LogP contribution < -0.4 is 5.32 Å². The number of fused-ring (bicyclic) bond motifs is 1. The largest absolute Gasteiger partial charge is 0.361 e. The van der Waals surface area contributed by atoms with Gasteiger partial charge in [0.05, 0.1) is 11.4 Å². The topological polar surface area (TPSA) is 83.0 Å². The summed E-state index contributed by atoms with van der Waals surface area (Å²) in [6, 6.07) is 27.1. The molecule has 0 spiro atoms. The van der Waals surface area contributed by atoms with Gasteiger partial charge in [0.25, 0.3) is 0 Å². The maximum atomic E-state index is 13.6. The van der Waals surface area contributed by atoms with Crippen LogP contribution in [0, 0.1) is 0 Å². The van der Waals surface area contributed by atoms with E-state index in [0.717, 1.165) is 39.0 Å². The van der Waals surface area contributed by atoms with Crippen LogP contribution in [0.2, 0.25) is 0 Å². The third-order valence-electron chi connectivity index (χ3n) is 6.42. The van der Waals surface area contributed by atoms with E-state index in [0.29, 0.717) is 13.0 Å². The number of benzene rings is 3. The van der Waals surface area contributed by atoms with Crippen molar-refractivity contribution in [2.75, 3.05) is 7.05 Å². The summed E-state index contributed by atoms with van der Waals surface area (Å²) in [7, 11) is 1.76. The van der Waals surface area contributed by atoms with Crippen LogP contribution in [0.1, 0.15) is 18.1 Å². The molecule has 0 aliphatic carbocycles. The minimum absolute atomic E-state index is 0.160. The SMILES string of the molecule is CC(=O)N[C@@H](Cc1c[nH]c2ccccc12)C(=O)N(C)Cc1cn(-c2ccccc2)nc1-c1ccccc1. The fourth-order valence-electron chi connectivity index (χ4n) is 4.64. The Bertz CT molecular complexity index is 1520. The van der Waals surface area contributed by atoms with E-state index in [1.807, 2.05) is 102 Å². The second kappa shape index (κ2) is 10.5. The van der Waals surface area contributed by atoms with Crippen molar-refractivity contribution in [3.05, 3.63) is 108 Å². The lowest BCUT2D eigenvalue weighted by molar-refractivity contribution is -0.135. The minimum Gasteiger partial charge on any atom is -0.361 e. The summed E-state index contributed by atoms with van der Waals surface area (Å²) in [6.07, 6.45) is 4.26. The van der Waals surface area contributed by atoms with Gasteiger partial charge in [0.15, 0.2) is 0 Å². The number of H-pyrrole nitrogens is 1. The van der Waals surface area contributed by atoms with E-state index in [1.165, 1.54) is 6.92 Å². The first-order chi connectivity index (χ1) is 18.0. The smallest absolute Gasteiger partial charge is 0.245 e. The van der Waals surface area contributed by atoms with E-state index in [-0.39, 0.29) is 11.8 Å². The Morgan fingerprint density at radius 3 is 2.35 bits per heavy atom. The number of aromatic amines is 1. The molecule has 7 heteroatoms. The third-order valence-corrected chi connectivity index (χ3v) is 6.42. The number of hydrogen-bond donors (Lipinski definition) is 2. The number of para-hydroxylation sites is 2. The molecule has 5 aromatic rings. The number of amides is 2. The molecule has 2 heterocycles. The van der Waals surface area contributed by atoms with Gasteiger partial charge >= 0.3 is 0 Å². The number of hydrogen-bond acceptors (Lipinski definition) is 3. The fourth-order valence-corrected chi connectivity index (χ4v) is 4.64. The molecule has 1 atom stereocenters. The molecule has 0 radical (unpaired) electrons. The monoisotopic (exact) mass is 491 g/mol. The highest BCUT2D eigenvalue weighted by molar-refractivity contribution is 5.89. The van der Waals surface area contributed by atoms with Gasteiger partial charge < -0.3 is 15.2 Å². The molecule has 0 saturated carbocycles. The molecule has 0 aliphatic heterocycles. The number of nitrogens with zero attached hydrogens (tertiary/aromatic N) is 3. The van der Waals surface area contributed by atoms with Gasteiger partial charge in [0.2, 0.25) is 11.8 Å². The van der Waals surface area contributed by atoms with Crippen molar-refractivity contribution in [3.63, 3.8) is 0 Å². The zero-order valence-corrected chi connectivity index (χ0v) is 20.9. The van der Waals surface area contributed by atoms with Crippen LogP contribution in [0.3, 0.4) is 0 Å². The minimum atomic E-state index is -0.689. The molecule has 7 nitrogen and oxygen atoms in total. The maximum Gasteiger partial charge on any atom is 0.245 e. The molecule has 0 unspecified atom stereocenters. The van der Waals surface area contributed by atoms with E-state index in [1.54, 1.807) is 11.9 Å². The number of likely N-dealkylation sites (N-methyl/N-ethyl adjacent to an activating group) is 1. The molecule has 0 fully saturated rings. The van der Waals surface area contributed by atoms with Gasteiger partial charge in [-0.2, -0.15) is 5.10 Å². The highest BCUT2D eigenvalue weighted by Crippen LogP contribution is 2.25. The van der Waals surface area contributed by atoms with Crippen LogP contribution in [-0.4, -0.2) is 44.6 Å². The van der Waals surface area contributed by atoms with E-state index < -0.39 is 6.04 Å². The van der Waals surface area contributed by atoms with Crippen LogP contribution >= 0.6 is 0 Å². The first kappa shape index (κ1) is 24.1. The van der Waals surface area contributed by atoms with Crippen LogP contribution in [0.4, 0.5) is 0 Å². The number of nitrogens with one attached hydrogen (secondary N) is 2. The van der Waals surface area contributed by atoms with Gasteiger partial charge in [0.1, 0.15) is 6.04 Å². The van der Waals surface area contributed by atoms with Crippen LogP contribution in [0.5, 0.6) is 0 Å². The summed E-state index contributed by atoms with van der Waals surface area (Å²) in [5.41, 5.74) is 5.63. The second-order valence-electron chi connectivity index (χ2n) is 9.16. The normalized spacial score (nSPS) is 11.8. The Labute approximate surface area is 215 Å². The van der Waals surface area contributed by atoms with Gasteiger partial charge in [-0.25, -0.2) is 4.68 Å². The number of carbonyl (C=O) groups is 2. The first-order valence-electron chi connectivity index (χ1n) is 12.3. The first-order valence-corrected chi connectivity index (χ1v) is 12.3. The molecular formula is C30H29N5O2. The number of carbonyl (C=O) groups excluding carboxylic acids is 2. The molecular weight excluding hydrogens is 462 g/mol. The molecule has 186 valence electrons. The third kappa shape index (κ3) is 5.30. The van der Waals surface area contributed by atoms with E-state index in [9.17, 15) is 9.59 Å². The summed E-state index contributed by atoms with van der Waals surface area (Å²) in [5, 5.41) is 8.76. The molecule has 0 bridgehead atoms. The van der Waals surface area contributed by atoms with Crippen molar-refractivity contribution in [2.45, 2.75) is 25.9 Å². The standard InChI is InChI=1S/C30H29N5O2/c1-21(36)32-28(17-23-18-31-27-16-10-9-15-26(23)27)30(37)34(2)19-24-20-35(25-13-7-4-8-14-25)33-29(24)22-11-5-3-6-12-22/h3-16,18,20,28,31H,17,19H2,1-2H3,(H,32,36)/t28-/m0/s1. The van der Waals surface area contributed by atoms with Crippen molar-refractivity contribution in [3.8, 4) is 16.9 Å². The van der Waals surface area contributed by atoms with Gasteiger partial charge in [-0.3, -0.25) is 9.59 Å². The highest BCUT2D eigenvalue weighted by atomic mass is 16.2. The van der Waals surface area contributed by atoms with E-state index in [2.05, 4.69) is 10.3 Å². The lowest BCUT2D eigenvalue weighted by atomic mass is 10.0. The number of rotatable bonds is 8. The van der Waals surface area contributed by atoms with Gasteiger partial charge in [0, 0.05) is 61.4 Å². The summed E-state index contributed by atoms with van der Waals surface area (Å²) < 4.78 is 1.84. The van der Waals surface area contributed by atoms with Crippen molar-refractivity contribution >= 4 is 22.7 Å². The molecule has 2 N–H and O–H groups in total. The molecule has 0 saturated heterocycles. The Kier molecular flexibility index (Phi) is 6.85. The predicted octanol–water partition coefficient (Wildman–Crippen LogP) is 4.73.